The molecule has 0 aromatic carbocycles. The van der Waals surface area contributed by atoms with Gasteiger partial charge in [0.25, 0.3) is 0 Å². The quantitative estimate of drug-likeness (QED) is 0.506. The van der Waals surface area contributed by atoms with Gasteiger partial charge >= 0.3 is 0 Å². The summed E-state index contributed by atoms with van der Waals surface area (Å²) >= 11 is 0. The van der Waals surface area contributed by atoms with Gasteiger partial charge in [0.1, 0.15) is 0 Å². The van der Waals surface area contributed by atoms with Gasteiger partial charge < -0.3 is 0 Å². The molecular formula is CrFe2Ni. The van der Waals surface area contributed by atoms with E-state index in [0.29, 0.717) is 0 Å². The van der Waals surface area contributed by atoms with Gasteiger partial charge in [-0.3, -0.25) is 0 Å². The molecule has 0 aliphatic rings. The number of rotatable bonds is 0. The van der Waals surface area contributed by atoms with E-state index in [4.69, 9.17) is 0 Å². The molecule has 0 rings (SSSR count). The van der Waals surface area contributed by atoms with Crippen molar-refractivity contribution in [3.63, 3.8) is 0 Å². The molecule has 0 bridgehead atoms. The van der Waals surface area contributed by atoms with E-state index >= 15 is 0 Å². The Kier molecular flexibility index (Phi) is 179. The molecule has 0 radical (unpaired) electrons. The first-order chi connectivity index (χ1) is 0. The Morgan fingerprint density at radius 3 is 0.750 bits per heavy atom. The van der Waals surface area contributed by atoms with E-state index in [1.54, 1.807) is 0 Å². The van der Waals surface area contributed by atoms with E-state index in [0.717, 1.165) is 0 Å². The SMILES string of the molecule is [Cr].[Fe].[Fe].[Ni]. The smallest absolute Gasteiger partial charge is 0 e. The molecule has 0 N–H and O–H groups in total. The molecule has 0 aliphatic carbocycles. The molecule has 0 saturated carbocycles. The zero-order chi connectivity index (χ0) is 0. The number of hydrogen-bond acceptors (Lipinski definition) is 0. The fraction of sp³-hybridized carbons (Fsp3) is 0. The Morgan fingerprint density at radius 1 is 0.750 bits per heavy atom. The first-order valence-corrected chi connectivity index (χ1v) is 0. The molecule has 0 heterocycles. The predicted octanol–water partition coefficient (Wildman–Crippen LogP) is -0.0100. The summed E-state index contributed by atoms with van der Waals surface area (Å²) < 4.78 is 0. The van der Waals surface area contributed by atoms with Crippen LogP contribution >= 0.6 is 0 Å². The third-order valence-electron chi connectivity index (χ3n) is 0. The molecule has 0 saturated heterocycles. The topological polar surface area (TPSA) is 0 Å². The molecule has 0 nitrogen and oxygen atoms in total. The Bertz CT molecular complexity index is 6.00. The van der Waals surface area contributed by atoms with Crippen LogP contribution in [0, 0.1) is 0 Å². The maximum atomic E-state index is 0. The summed E-state index contributed by atoms with van der Waals surface area (Å²) in [5, 5.41) is 0. The zero-order valence-electron chi connectivity index (χ0n) is 1.43. The van der Waals surface area contributed by atoms with E-state index < -0.39 is 0 Å². The second kappa shape index (κ2) is 19.6. The normalized spacial score (nSPS) is 0. The van der Waals surface area contributed by atoms with Gasteiger partial charge in [0.05, 0.1) is 0 Å². The minimum atomic E-state index is 0. The largest absolute Gasteiger partial charge is 0 e. The van der Waals surface area contributed by atoms with Crippen LogP contribution in [-0.4, -0.2) is 0 Å². The summed E-state index contributed by atoms with van der Waals surface area (Å²) in [4.78, 5) is 0. The van der Waals surface area contributed by atoms with Crippen LogP contribution in [0.1, 0.15) is 0 Å². The van der Waals surface area contributed by atoms with Crippen LogP contribution in [0.3, 0.4) is 0 Å². The van der Waals surface area contributed by atoms with Gasteiger partial charge in [0.2, 0.25) is 0 Å². The summed E-state index contributed by atoms with van der Waals surface area (Å²) in [5.74, 6) is 0. The van der Waals surface area contributed by atoms with Crippen molar-refractivity contribution in [2.45, 2.75) is 0 Å². The van der Waals surface area contributed by atoms with Crippen molar-refractivity contribution in [2.75, 3.05) is 0 Å². The van der Waals surface area contributed by atoms with Crippen LogP contribution in [0.2, 0.25) is 0 Å². The molecule has 0 unspecified atom stereocenters. The number of hydrogen-bond donors (Lipinski definition) is 0. The van der Waals surface area contributed by atoms with E-state index in [-0.39, 0.29) is 68.0 Å². The van der Waals surface area contributed by atoms with Crippen molar-refractivity contribution in [1.82, 2.24) is 0 Å². The second-order valence-corrected chi connectivity index (χ2v) is 0. The minimum absolute atomic E-state index is 0. The van der Waals surface area contributed by atoms with Crippen molar-refractivity contribution < 1.29 is 68.0 Å². The van der Waals surface area contributed by atoms with Crippen LogP contribution in [0.4, 0.5) is 0 Å². The van der Waals surface area contributed by atoms with Gasteiger partial charge in [-0.05, 0) is 0 Å². The van der Waals surface area contributed by atoms with Gasteiger partial charge in [0.15, 0.2) is 0 Å². The van der Waals surface area contributed by atoms with Gasteiger partial charge in [-0.1, -0.05) is 0 Å². The summed E-state index contributed by atoms with van der Waals surface area (Å²) in [7, 11) is 0. The molecular weight excluding hydrogens is 222 g/mol. The average molecular weight is 222 g/mol. The minimum Gasteiger partial charge on any atom is 0 e. The monoisotopic (exact) mass is 222 g/mol. The molecule has 32 valence electrons. The third kappa shape index (κ3) is 8.96. The standard InChI is InChI=1S/Cr.2Fe.Ni. The predicted molar refractivity (Wildman–Crippen MR) is 0 cm³/mol. The molecule has 0 aromatic rings. The molecule has 0 aliphatic heterocycles. The third-order valence-corrected chi connectivity index (χ3v) is 0. The Labute approximate surface area is 67.5 Å². The molecule has 0 fully saturated rings. The summed E-state index contributed by atoms with van der Waals surface area (Å²) in [6.07, 6.45) is 0. The molecule has 4 heteroatoms. The maximum Gasteiger partial charge on any atom is 0 e. The summed E-state index contributed by atoms with van der Waals surface area (Å²) in [6, 6.07) is 0. The van der Waals surface area contributed by atoms with E-state index in [2.05, 4.69) is 0 Å². The van der Waals surface area contributed by atoms with Gasteiger partial charge in [0, 0.05) is 68.0 Å². The van der Waals surface area contributed by atoms with Crippen molar-refractivity contribution in [1.29, 1.82) is 0 Å². The molecule has 0 atom stereocenters. The van der Waals surface area contributed by atoms with E-state index in [1.165, 1.54) is 0 Å². The summed E-state index contributed by atoms with van der Waals surface area (Å²) in [5.41, 5.74) is 0. The Morgan fingerprint density at radius 2 is 0.750 bits per heavy atom. The maximum absolute atomic E-state index is 0. The van der Waals surface area contributed by atoms with E-state index in [9.17, 15) is 0 Å². The van der Waals surface area contributed by atoms with Crippen molar-refractivity contribution in [3.8, 4) is 0 Å². The van der Waals surface area contributed by atoms with Crippen LogP contribution < -0.4 is 0 Å². The van der Waals surface area contributed by atoms with Crippen LogP contribution in [-0.2, 0) is 68.0 Å². The van der Waals surface area contributed by atoms with Crippen LogP contribution in [0.15, 0.2) is 0 Å². The molecule has 0 spiro atoms. The second-order valence-electron chi connectivity index (χ2n) is 0. The van der Waals surface area contributed by atoms with Gasteiger partial charge in [-0.25, -0.2) is 0 Å². The Balaban J connectivity index is 0. The van der Waals surface area contributed by atoms with Crippen LogP contribution in [0.25, 0.3) is 0 Å². The fourth-order valence-electron chi connectivity index (χ4n) is 0. The average Bonchev–Trinajstić information content (AvgIpc) is 0. The Hall–Kier alpha value is 2.06. The molecule has 0 amide bonds. The van der Waals surface area contributed by atoms with E-state index in [1.807, 2.05) is 0 Å². The fourth-order valence-corrected chi connectivity index (χ4v) is 0. The van der Waals surface area contributed by atoms with Crippen LogP contribution in [0.5, 0.6) is 0 Å². The summed E-state index contributed by atoms with van der Waals surface area (Å²) in [6.45, 7) is 0. The van der Waals surface area contributed by atoms with Crippen molar-refractivity contribution in [2.24, 2.45) is 0 Å². The molecule has 4 heavy (non-hydrogen) atoms. The van der Waals surface area contributed by atoms with Gasteiger partial charge in [-0.15, -0.1) is 0 Å². The van der Waals surface area contributed by atoms with Gasteiger partial charge in [-0.2, -0.15) is 0 Å². The first kappa shape index (κ1) is 36.5. The zero-order valence-corrected chi connectivity index (χ0v) is 5.90. The van der Waals surface area contributed by atoms with Crippen molar-refractivity contribution >= 4 is 0 Å². The van der Waals surface area contributed by atoms with Crippen molar-refractivity contribution in [3.05, 3.63) is 0 Å². The molecule has 0 aromatic heterocycles. The first-order valence-electron chi connectivity index (χ1n) is 0.